The highest BCUT2D eigenvalue weighted by molar-refractivity contribution is 6.21. The Morgan fingerprint density at radius 3 is 2.19 bits per heavy atom. The lowest BCUT2D eigenvalue weighted by Crippen LogP contribution is -2.34. The maximum atomic E-state index is 12.3. The van der Waals surface area contributed by atoms with E-state index in [0.29, 0.717) is 17.7 Å². The van der Waals surface area contributed by atoms with Gasteiger partial charge in [0.1, 0.15) is 0 Å². The average Bonchev–Trinajstić information content (AvgIpc) is 2.95. The standard InChI is InChI=1S/C22H18N2O3/c25-20(23-14-16-8-5-7-15-6-1-2-9-17(15)16)12-13-24-21(26)18-10-3-4-11-19(18)22(24)27/h1-11H,12-14H2,(H,23,25). The van der Waals surface area contributed by atoms with Crippen molar-refractivity contribution in [1.29, 1.82) is 0 Å². The van der Waals surface area contributed by atoms with Crippen LogP contribution in [0.15, 0.2) is 66.7 Å². The molecule has 0 bridgehead atoms. The summed E-state index contributed by atoms with van der Waals surface area (Å²) < 4.78 is 0. The van der Waals surface area contributed by atoms with E-state index < -0.39 is 0 Å². The first-order valence-electron chi connectivity index (χ1n) is 8.84. The molecule has 3 amide bonds. The van der Waals surface area contributed by atoms with Gasteiger partial charge in [0.25, 0.3) is 11.8 Å². The van der Waals surface area contributed by atoms with Crippen LogP contribution in [0.3, 0.4) is 0 Å². The normalized spacial score (nSPS) is 13.1. The number of hydrogen-bond acceptors (Lipinski definition) is 3. The molecule has 0 spiro atoms. The molecule has 1 N–H and O–H groups in total. The Morgan fingerprint density at radius 2 is 1.44 bits per heavy atom. The molecule has 0 saturated heterocycles. The van der Waals surface area contributed by atoms with Crippen molar-refractivity contribution < 1.29 is 14.4 Å². The first-order valence-corrected chi connectivity index (χ1v) is 8.84. The number of rotatable bonds is 5. The SMILES string of the molecule is O=C(CCN1C(=O)c2ccccc2C1=O)NCc1cccc2ccccc12. The first-order chi connectivity index (χ1) is 13.1. The molecule has 5 heteroatoms. The quantitative estimate of drug-likeness (QED) is 0.713. The van der Waals surface area contributed by atoms with Crippen LogP contribution < -0.4 is 5.32 Å². The predicted octanol–water partition coefficient (Wildman–Crippen LogP) is 3.14. The van der Waals surface area contributed by atoms with Gasteiger partial charge in [0, 0.05) is 19.5 Å². The number of fused-ring (bicyclic) bond motifs is 2. The lowest BCUT2D eigenvalue weighted by Gasteiger charge is -2.14. The summed E-state index contributed by atoms with van der Waals surface area (Å²) in [7, 11) is 0. The van der Waals surface area contributed by atoms with E-state index in [4.69, 9.17) is 0 Å². The van der Waals surface area contributed by atoms with Gasteiger partial charge in [-0.1, -0.05) is 54.6 Å². The molecule has 5 nitrogen and oxygen atoms in total. The minimum atomic E-state index is -0.336. The van der Waals surface area contributed by atoms with Gasteiger partial charge >= 0.3 is 0 Å². The third-order valence-corrected chi connectivity index (χ3v) is 4.80. The maximum absolute atomic E-state index is 12.3. The van der Waals surface area contributed by atoms with Crippen molar-refractivity contribution in [3.63, 3.8) is 0 Å². The molecule has 4 rings (SSSR count). The van der Waals surface area contributed by atoms with Crippen LogP contribution in [0, 0.1) is 0 Å². The van der Waals surface area contributed by atoms with Crippen molar-refractivity contribution in [2.45, 2.75) is 13.0 Å². The Bertz CT molecular complexity index is 1020. The van der Waals surface area contributed by atoms with Gasteiger partial charge in [-0.3, -0.25) is 19.3 Å². The second-order valence-electron chi connectivity index (χ2n) is 6.47. The van der Waals surface area contributed by atoms with Crippen LogP contribution in [0.4, 0.5) is 0 Å². The van der Waals surface area contributed by atoms with Crippen molar-refractivity contribution >= 4 is 28.5 Å². The first kappa shape index (κ1) is 17.0. The number of carbonyl (C=O) groups excluding carboxylic acids is 3. The van der Waals surface area contributed by atoms with Gasteiger partial charge in [-0.2, -0.15) is 0 Å². The third-order valence-electron chi connectivity index (χ3n) is 4.80. The second-order valence-corrected chi connectivity index (χ2v) is 6.47. The van der Waals surface area contributed by atoms with E-state index in [9.17, 15) is 14.4 Å². The van der Waals surface area contributed by atoms with E-state index in [1.165, 1.54) is 0 Å². The Balaban J connectivity index is 1.37. The van der Waals surface area contributed by atoms with Crippen LogP contribution in [0.2, 0.25) is 0 Å². The minimum absolute atomic E-state index is 0.0771. The molecule has 0 saturated carbocycles. The molecule has 134 valence electrons. The van der Waals surface area contributed by atoms with Crippen molar-refractivity contribution in [2.75, 3.05) is 6.54 Å². The van der Waals surface area contributed by atoms with Crippen LogP contribution in [-0.4, -0.2) is 29.2 Å². The molecule has 0 fully saturated rings. The van der Waals surface area contributed by atoms with E-state index in [1.807, 2.05) is 42.5 Å². The van der Waals surface area contributed by atoms with Crippen LogP contribution >= 0.6 is 0 Å². The lowest BCUT2D eigenvalue weighted by atomic mass is 10.0. The van der Waals surface area contributed by atoms with E-state index >= 15 is 0 Å². The smallest absolute Gasteiger partial charge is 0.261 e. The van der Waals surface area contributed by atoms with Gasteiger partial charge in [0.15, 0.2) is 0 Å². The monoisotopic (exact) mass is 358 g/mol. The van der Waals surface area contributed by atoms with E-state index in [1.54, 1.807) is 24.3 Å². The highest BCUT2D eigenvalue weighted by atomic mass is 16.2. The maximum Gasteiger partial charge on any atom is 0.261 e. The van der Waals surface area contributed by atoms with Gasteiger partial charge < -0.3 is 5.32 Å². The number of amides is 3. The van der Waals surface area contributed by atoms with E-state index in [-0.39, 0.29) is 30.7 Å². The molecule has 3 aromatic rings. The summed E-state index contributed by atoms with van der Waals surface area (Å²) in [5, 5.41) is 5.10. The third kappa shape index (κ3) is 3.19. The van der Waals surface area contributed by atoms with Gasteiger partial charge in [0.05, 0.1) is 11.1 Å². The molecule has 0 atom stereocenters. The van der Waals surface area contributed by atoms with Crippen molar-refractivity contribution in [3.05, 3.63) is 83.4 Å². The number of imide groups is 1. The lowest BCUT2D eigenvalue weighted by molar-refractivity contribution is -0.121. The number of nitrogens with one attached hydrogen (secondary N) is 1. The topological polar surface area (TPSA) is 66.5 Å². The molecule has 27 heavy (non-hydrogen) atoms. The van der Waals surface area contributed by atoms with Crippen LogP contribution in [0.1, 0.15) is 32.7 Å². The Hall–Kier alpha value is -3.47. The van der Waals surface area contributed by atoms with Gasteiger partial charge in [0.2, 0.25) is 5.91 Å². The van der Waals surface area contributed by atoms with Crippen molar-refractivity contribution in [2.24, 2.45) is 0 Å². The summed E-state index contributed by atoms with van der Waals surface area (Å²) in [5.74, 6) is -0.866. The molecule has 1 aliphatic heterocycles. The number of nitrogens with zero attached hydrogens (tertiary/aromatic N) is 1. The fourth-order valence-electron chi connectivity index (χ4n) is 3.38. The van der Waals surface area contributed by atoms with Crippen molar-refractivity contribution in [3.8, 4) is 0 Å². The summed E-state index contributed by atoms with van der Waals surface area (Å²) in [6.07, 6.45) is 0.0796. The molecular weight excluding hydrogens is 340 g/mol. The zero-order chi connectivity index (χ0) is 18.8. The predicted molar refractivity (Wildman–Crippen MR) is 102 cm³/mol. The van der Waals surface area contributed by atoms with Gasteiger partial charge in [-0.15, -0.1) is 0 Å². The Kier molecular flexibility index (Phi) is 4.42. The molecule has 1 aliphatic rings. The number of benzene rings is 3. The van der Waals surface area contributed by atoms with E-state index in [0.717, 1.165) is 21.2 Å². The summed E-state index contributed by atoms with van der Waals surface area (Å²) >= 11 is 0. The number of carbonyl (C=O) groups is 3. The molecule has 0 unspecified atom stereocenters. The molecule has 1 heterocycles. The zero-order valence-electron chi connectivity index (χ0n) is 14.6. The molecule has 0 aliphatic carbocycles. The minimum Gasteiger partial charge on any atom is -0.352 e. The summed E-state index contributed by atoms with van der Waals surface area (Å²) in [5.41, 5.74) is 1.83. The largest absolute Gasteiger partial charge is 0.352 e. The summed E-state index contributed by atoms with van der Waals surface area (Å²) in [6.45, 7) is 0.482. The molecular formula is C22H18N2O3. The molecule has 0 aromatic heterocycles. The average molecular weight is 358 g/mol. The van der Waals surface area contributed by atoms with Crippen LogP contribution in [-0.2, 0) is 11.3 Å². The summed E-state index contributed by atoms with van der Waals surface area (Å²) in [4.78, 5) is 38.0. The number of hydrogen-bond donors (Lipinski definition) is 1. The Morgan fingerprint density at radius 1 is 0.815 bits per heavy atom. The molecule has 0 radical (unpaired) electrons. The van der Waals surface area contributed by atoms with Gasteiger partial charge in [-0.05, 0) is 28.5 Å². The molecule has 3 aromatic carbocycles. The highest BCUT2D eigenvalue weighted by Gasteiger charge is 2.34. The fraction of sp³-hybridized carbons (Fsp3) is 0.136. The fourth-order valence-corrected chi connectivity index (χ4v) is 3.38. The van der Waals surface area contributed by atoms with Crippen LogP contribution in [0.5, 0.6) is 0 Å². The van der Waals surface area contributed by atoms with Crippen LogP contribution in [0.25, 0.3) is 10.8 Å². The Labute approximate surface area is 156 Å². The van der Waals surface area contributed by atoms with Crippen molar-refractivity contribution in [1.82, 2.24) is 10.2 Å². The highest BCUT2D eigenvalue weighted by Crippen LogP contribution is 2.22. The second kappa shape index (κ2) is 7.03. The van der Waals surface area contributed by atoms with Gasteiger partial charge in [-0.25, -0.2) is 0 Å². The van der Waals surface area contributed by atoms with E-state index in [2.05, 4.69) is 5.32 Å². The summed E-state index contributed by atoms with van der Waals surface area (Å²) in [6, 6.07) is 20.7. The zero-order valence-corrected chi connectivity index (χ0v) is 14.6.